The molecule has 1 unspecified atom stereocenters. The highest BCUT2D eigenvalue weighted by atomic mass is 32.1. The highest BCUT2D eigenvalue weighted by Gasteiger charge is 2.27. The second-order valence-electron chi connectivity index (χ2n) is 6.36. The molecule has 1 N–H and O–H groups in total. The Balaban J connectivity index is 1.46. The third-order valence-corrected chi connectivity index (χ3v) is 5.72. The van der Waals surface area contributed by atoms with Crippen molar-refractivity contribution < 1.29 is 4.79 Å². The Morgan fingerprint density at radius 3 is 2.64 bits per heavy atom. The van der Waals surface area contributed by atoms with Crippen LogP contribution in [0, 0.1) is 0 Å². The molecule has 1 saturated heterocycles. The normalized spacial score (nSPS) is 22.5. The number of carbonyl (C=O) groups excluding carboxylic acids is 1. The Morgan fingerprint density at radius 1 is 1.27 bits per heavy atom. The highest BCUT2D eigenvalue weighted by molar-refractivity contribution is 7.13. The van der Waals surface area contributed by atoms with E-state index in [4.69, 9.17) is 0 Å². The van der Waals surface area contributed by atoms with E-state index < -0.39 is 0 Å². The van der Waals surface area contributed by atoms with Crippen molar-refractivity contribution in [2.45, 2.75) is 51.1 Å². The van der Waals surface area contributed by atoms with E-state index in [0.29, 0.717) is 6.04 Å². The molecule has 0 radical (unpaired) electrons. The maximum Gasteiger partial charge on any atom is 0.237 e. The molecule has 2 aliphatic rings. The SMILES string of the molecule is CC(C(=O)NC1CCCCC1)N1CCN(c2nccs2)CC1. The third-order valence-electron chi connectivity index (χ3n) is 4.88. The van der Waals surface area contributed by atoms with Gasteiger partial charge < -0.3 is 10.2 Å². The van der Waals surface area contributed by atoms with Crippen LogP contribution in [0.3, 0.4) is 0 Å². The van der Waals surface area contributed by atoms with Crippen molar-refractivity contribution in [2.75, 3.05) is 31.1 Å². The van der Waals surface area contributed by atoms with Crippen LogP contribution in [0.5, 0.6) is 0 Å². The minimum atomic E-state index is -0.0274. The molecule has 1 aromatic rings. The van der Waals surface area contributed by atoms with Gasteiger partial charge in [0, 0.05) is 43.8 Å². The first kappa shape index (κ1) is 15.7. The molecule has 3 rings (SSSR count). The Morgan fingerprint density at radius 2 is 2.00 bits per heavy atom. The molecule has 0 bridgehead atoms. The van der Waals surface area contributed by atoms with Gasteiger partial charge in [0.05, 0.1) is 6.04 Å². The second-order valence-corrected chi connectivity index (χ2v) is 7.23. The molecule has 1 aliphatic carbocycles. The van der Waals surface area contributed by atoms with Crippen molar-refractivity contribution in [2.24, 2.45) is 0 Å². The van der Waals surface area contributed by atoms with Crippen LogP contribution < -0.4 is 10.2 Å². The van der Waals surface area contributed by atoms with Crippen LogP contribution in [0.2, 0.25) is 0 Å². The highest BCUT2D eigenvalue weighted by Crippen LogP contribution is 2.20. The van der Waals surface area contributed by atoms with Crippen LogP contribution in [0.1, 0.15) is 39.0 Å². The van der Waals surface area contributed by atoms with E-state index in [1.165, 1.54) is 19.3 Å². The molecular weight excluding hydrogens is 296 g/mol. The maximum absolute atomic E-state index is 12.4. The van der Waals surface area contributed by atoms with Crippen molar-refractivity contribution in [1.29, 1.82) is 0 Å². The number of hydrogen-bond acceptors (Lipinski definition) is 5. The molecule has 1 atom stereocenters. The number of thiazole rings is 1. The fourth-order valence-electron chi connectivity index (χ4n) is 3.41. The summed E-state index contributed by atoms with van der Waals surface area (Å²) in [4.78, 5) is 21.4. The van der Waals surface area contributed by atoms with Crippen molar-refractivity contribution in [3.05, 3.63) is 11.6 Å². The van der Waals surface area contributed by atoms with Gasteiger partial charge in [-0.05, 0) is 19.8 Å². The number of anilines is 1. The summed E-state index contributed by atoms with van der Waals surface area (Å²) in [7, 11) is 0. The number of hydrogen-bond donors (Lipinski definition) is 1. The van der Waals surface area contributed by atoms with E-state index in [1.54, 1.807) is 11.3 Å². The molecule has 22 heavy (non-hydrogen) atoms. The van der Waals surface area contributed by atoms with Gasteiger partial charge in [0.1, 0.15) is 0 Å². The molecule has 2 heterocycles. The molecule has 1 saturated carbocycles. The molecule has 0 aromatic carbocycles. The molecule has 1 aromatic heterocycles. The Hall–Kier alpha value is -1.14. The largest absolute Gasteiger partial charge is 0.352 e. The molecule has 122 valence electrons. The van der Waals surface area contributed by atoms with E-state index in [2.05, 4.69) is 20.1 Å². The van der Waals surface area contributed by atoms with Gasteiger partial charge in [0.25, 0.3) is 0 Å². The Bertz CT molecular complexity index is 465. The van der Waals surface area contributed by atoms with E-state index in [1.807, 2.05) is 18.5 Å². The van der Waals surface area contributed by atoms with Crippen molar-refractivity contribution >= 4 is 22.4 Å². The zero-order chi connectivity index (χ0) is 15.4. The average Bonchev–Trinajstić information content (AvgIpc) is 3.10. The number of rotatable bonds is 4. The van der Waals surface area contributed by atoms with Crippen molar-refractivity contribution in [1.82, 2.24) is 15.2 Å². The Labute approximate surface area is 136 Å². The third kappa shape index (κ3) is 3.79. The number of nitrogens with zero attached hydrogens (tertiary/aromatic N) is 3. The zero-order valence-electron chi connectivity index (χ0n) is 13.3. The first-order chi connectivity index (χ1) is 10.7. The average molecular weight is 322 g/mol. The van der Waals surface area contributed by atoms with E-state index >= 15 is 0 Å². The monoisotopic (exact) mass is 322 g/mol. The Kier molecular flexibility index (Phi) is 5.31. The van der Waals surface area contributed by atoms with Gasteiger partial charge in [-0.1, -0.05) is 19.3 Å². The smallest absolute Gasteiger partial charge is 0.237 e. The molecular formula is C16H26N4OS. The van der Waals surface area contributed by atoms with Crippen LogP contribution >= 0.6 is 11.3 Å². The lowest BCUT2D eigenvalue weighted by Crippen LogP contribution is -2.55. The molecule has 5 nitrogen and oxygen atoms in total. The quantitative estimate of drug-likeness (QED) is 0.922. The summed E-state index contributed by atoms with van der Waals surface area (Å²) in [5.41, 5.74) is 0. The topological polar surface area (TPSA) is 48.5 Å². The summed E-state index contributed by atoms with van der Waals surface area (Å²) >= 11 is 1.69. The predicted molar refractivity (Wildman–Crippen MR) is 90.4 cm³/mol. The van der Waals surface area contributed by atoms with Crippen molar-refractivity contribution in [3.8, 4) is 0 Å². The number of piperazine rings is 1. The molecule has 0 spiro atoms. The van der Waals surface area contributed by atoms with Crippen LogP contribution in [0.4, 0.5) is 5.13 Å². The fourth-order valence-corrected chi connectivity index (χ4v) is 4.10. The molecule has 1 aliphatic heterocycles. The molecule has 2 fully saturated rings. The summed E-state index contributed by atoms with van der Waals surface area (Å²) in [6.45, 7) is 5.80. The number of carbonyl (C=O) groups is 1. The lowest BCUT2D eigenvalue weighted by atomic mass is 9.95. The predicted octanol–water partition coefficient (Wildman–Crippen LogP) is 2.10. The van der Waals surface area contributed by atoms with E-state index in [-0.39, 0.29) is 11.9 Å². The zero-order valence-corrected chi connectivity index (χ0v) is 14.1. The summed E-state index contributed by atoms with van der Waals surface area (Å²) in [5.74, 6) is 0.203. The number of aromatic nitrogens is 1. The summed E-state index contributed by atoms with van der Waals surface area (Å²) in [5, 5.41) is 6.36. The van der Waals surface area contributed by atoms with E-state index in [0.717, 1.165) is 44.2 Å². The van der Waals surface area contributed by atoms with Gasteiger partial charge >= 0.3 is 0 Å². The number of amides is 1. The van der Waals surface area contributed by atoms with Gasteiger partial charge in [-0.15, -0.1) is 11.3 Å². The minimum absolute atomic E-state index is 0.0274. The fraction of sp³-hybridized carbons (Fsp3) is 0.750. The molecule has 1 amide bonds. The van der Waals surface area contributed by atoms with Gasteiger partial charge in [-0.3, -0.25) is 9.69 Å². The summed E-state index contributed by atoms with van der Waals surface area (Å²) in [6.07, 6.45) is 7.98. The van der Waals surface area contributed by atoms with E-state index in [9.17, 15) is 4.79 Å². The van der Waals surface area contributed by atoms with Crippen LogP contribution in [0.25, 0.3) is 0 Å². The van der Waals surface area contributed by atoms with Crippen LogP contribution in [0.15, 0.2) is 11.6 Å². The van der Waals surface area contributed by atoms with Gasteiger partial charge in [-0.2, -0.15) is 0 Å². The maximum atomic E-state index is 12.4. The van der Waals surface area contributed by atoms with Crippen LogP contribution in [-0.2, 0) is 4.79 Å². The molecule has 6 heteroatoms. The van der Waals surface area contributed by atoms with Gasteiger partial charge in [-0.25, -0.2) is 4.98 Å². The first-order valence-corrected chi connectivity index (χ1v) is 9.31. The lowest BCUT2D eigenvalue weighted by molar-refractivity contribution is -0.127. The standard InChI is InChI=1S/C16H26N4OS/c1-13(15(21)18-14-5-3-2-4-6-14)19-8-10-20(11-9-19)16-17-7-12-22-16/h7,12-14H,2-6,8-11H2,1H3,(H,18,21). The lowest BCUT2D eigenvalue weighted by Gasteiger charge is -2.37. The summed E-state index contributed by atoms with van der Waals surface area (Å²) < 4.78 is 0. The van der Waals surface area contributed by atoms with Gasteiger partial charge in [0.15, 0.2) is 5.13 Å². The summed E-state index contributed by atoms with van der Waals surface area (Å²) in [6, 6.07) is 0.376. The second kappa shape index (κ2) is 7.42. The minimum Gasteiger partial charge on any atom is -0.352 e. The van der Waals surface area contributed by atoms with Crippen LogP contribution in [-0.4, -0.2) is 54.1 Å². The first-order valence-electron chi connectivity index (χ1n) is 8.43. The van der Waals surface area contributed by atoms with Crippen molar-refractivity contribution in [3.63, 3.8) is 0 Å². The number of nitrogens with one attached hydrogen (secondary N) is 1. The van der Waals surface area contributed by atoms with Gasteiger partial charge in [0.2, 0.25) is 5.91 Å².